The van der Waals surface area contributed by atoms with Crippen LogP contribution in [-0.4, -0.2) is 48.6 Å². The highest BCUT2D eigenvalue weighted by atomic mass is 35.5. The van der Waals surface area contributed by atoms with Gasteiger partial charge in [0.2, 0.25) is 5.91 Å². The number of urea groups is 1. The number of halogens is 1. The Morgan fingerprint density at radius 3 is 2.41 bits per heavy atom. The second kappa shape index (κ2) is 11.5. The zero-order valence-corrected chi connectivity index (χ0v) is 14.6. The van der Waals surface area contributed by atoms with Crippen LogP contribution in [0.3, 0.4) is 0 Å². The summed E-state index contributed by atoms with van der Waals surface area (Å²) in [4.78, 5) is 25.9. The molecule has 22 heavy (non-hydrogen) atoms. The van der Waals surface area contributed by atoms with Crippen molar-refractivity contribution in [3.8, 4) is 0 Å². The van der Waals surface area contributed by atoms with Crippen molar-refractivity contribution in [1.29, 1.82) is 0 Å². The smallest absolute Gasteiger partial charge is 0.312 e. The molecule has 3 amide bonds. The van der Waals surface area contributed by atoms with Crippen molar-refractivity contribution in [3.05, 3.63) is 0 Å². The summed E-state index contributed by atoms with van der Waals surface area (Å²) >= 11 is 0. The Hall–Kier alpha value is -1.01. The summed E-state index contributed by atoms with van der Waals surface area (Å²) in [5, 5.41) is 5.94. The second-order valence-electron chi connectivity index (χ2n) is 5.72. The summed E-state index contributed by atoms with van der Waals surface area (Å²) in [5.41, 5.74) is 5.22. The van der Waals surface area contributed by atoms with Gasteiger partial charge in [-0.3, -0.25) is 4.79 Å². The number of primary amides is 1. The maximum Gasteiger partial charge on any atom is 0.312 e. The average Bonchev–Trinajstić information content (AvgIpc) is 2.49. The number of amides is 3. The topological polar surface area (TPSA) is 87.5 Å². The van der Waals surface area contributed by atoms with Gasteiger partial charge < -0.3 is 21.3 Å². The number of hydrogen-bond donors (Lipinski definition) is 3. The molecule has 1 saturated heterocycles. The van der Waals surface area contributed by atoms with Gasteiger partial charge in [-0.1, -0.05) is 26.7 Å². The maximum atomic E-state index is 12.8. The molecular formula is C15H31ClN4O2. The van der Waals surface area contributed by atoms with Gasteiger partial charge in [0.05, 0.1) is 0 Å². The number of carbonyl (C=O) groups excluding carboxylic acids is 2. The molecule has 7 heteroatoms. The fourth-order valence-corrected chi connectivity index (χ4v) is 2.87. The van der Waals surface area contributed by atoms with Crippen LogP contribution in [0.1, 0.15) is 52.4 Å². The third-order valence-corrected chi connectivity index (χ3v) is 3.96. The molecule has 1 heterocycles. The normalized spacial score (nSPS) is 16.5. The molecule has 0 aromatic rings. The lowest BCUT2D eigenvalue weighted by molar-refractivity contribution is -0.136. The molecule has 1 fully saturated rings. The van der Waals surface area contributed by atoms with Gasteiger partial charge in [-0.2, -0.15) is 0 Å². The Bertz CT molecular complexity index is 336. The van der Waals surface area contributed by atoms with E-state index in [9.17, 15) is 9.59 Å². The van der Waals surface area contributed by atoms with Gasteiger partial charge in [-0.05, 0) is 38.8 Å². The van der Waals surface area contributed by atoms with E-state index in [4.69, 9.17) is 5.73 Å². The molecule has 4 N–H and O–H groups in total. The monoisotopic (exact) mass is 334 g/mol. The molecule has 0 aromatic heterocycles. The summed E-state index contributed by atoms with van der Waals surface area (Å²) in [5.74, 6) is 0.0241. The Morgan fingerprint density at radius 1 is 1.27 bits per heavy atom. The number of nitrogens with one attached hydrogen (secondary N) is 2. The fourth-order valence-electron chi connectivity index (χ4n) is 2.87. The van der Waals surface area contributed by atoms with Gasteiger partial charge in [0, 0.05) is 12.6 Å². The van der Waals surface area contributed by atoms with E-state index >= 15 is 0 Å². The van der Waals surface area contributed by atoms with Gasteiger partial charge in [0.1, 0.15) is 6.04 Å². The highest BCUT2D eigenvalue weighted by Crippen LogP contribution is 2.15. The standard InChI is InChI=1S/C15H30N4O2.ClH/c1-3-5-6-13(18-15(16)21)14(20)19(11-4-2)12-7-9-17-10-8-12;/h12-13,17H,3-11H2,1-2H3,(H3,16,18,21);1H. The van der Waals surface area contributed by atoms with Crippen molar-refractivity contribution in [3.63, 3.8) is 0 Å². The van der Waals surface area contributed by atoms with Crippen LogP contribution in [0, 0.1) is 0 Å². The zero-order chi connectivity index (χ0) is 15.7. The highest BCUT2D eigenvalue weighted by Gasteiger charge is 2.30. The molecule has 0 spiro atoms. The van der Waals surface area contributed by atoms with E-state index in [2.05, 4.69) is 24.5 Å². The van der Waals surface area contributed by atoms with Crippen LogP contribution in [0.2, 0.25) is 0 Å². The first-order valence-corrected chi connectivity index (χ1v) is 8.17. The van der Waals surface area contributed by atoms with Gasteiger partial charge in [0.25, 0.3) is 0 Å². The van der Waals surface area contributed by atoms with Crippen LogP contribution in [0.25, 0.3) is 0 Å². The van der Waals surface area contributed by atoms with Crippen molar-refractivity contribution in [1.82, 2.24) is 15.5 Å². The first-order valence-electron chi connectivity index (χ1n) is 8.17. The predicted octanol–water partition coefficient (Wildman–Crippen LogP) is 1.63. The predicted molar refractivity (Wildman–Crippen MR) is 91.2 cm³/mol. The van der Waals surface area contributed by atoms with E-state index in [-0.39, 0.29) is 24.4 Å². The molecule has 6 nitrogen and oxygen atoms in total. The summed E-state index contributed by atoms with van der Waals surface area (Å²) in [6.07, 6.45) is 5.43. The van der Waals surface area contributed by atoms with Crippen molar-refractivity contribution >= 4 is 24.3 Å². The van der Waals surface area contributed by atoms with Crippen molar-refractivity contribution < 1.29 is 9.59 Å². The number of nitrogens with zero attached hydrogens (tertiary/aromatic N) is 1. The zero-order valence-electron chi connectivity index (χ0n) is 13.8. The third-order valence-electron chi connectivity index (χ3n) is 3.96. The lowest BCUT2D eigenvalue weighted by atomic mass is 10.0. The third kappa shape index (κ3) is 6.83. The molecule has 0 radical (unpaired) electrons. The minimum absolute atomic E-state index is 0. The molecule has 1 aliphatic rings. The van der Waals surface area contributed by atoms with E-state index in [1.165, 1.54) is 0 Å². The van der Waals surface area contributed by atoms with Crippen LogP contribution in [0.4, 0.5) is 4.79 Å². The lowest BCUT2D eigenvalue weighted by Crippen LogP contribution is -2.54. The fraction of sp³-hybridized carbons (Fsp3) is 0.867. The van der Waals surface area contributed by atoms with Crippen LogP contribution < -0.4 is 16.4 Å². The summed E-state index contributed by atoms with van der Waals surface area (Å²) in [6.45, 7) is 6.78. The molecule has 0 aromatic carbocycles. The van der Waals surface area contributed by atoms with E-state index in [1.54, 1.807) is 0 Å². The Labute approximate surface area is 140 Å². The minimum atomic E-state index is -0.619. The molecular weight excluding hydrogens is 304 g/mol. The second-order valence-corrected chi connectivity index (χ2v) is 5.72. The van der Waals surface area contributed by atoms with Gasteiger partial charge in [0.15, 0.2) is 0 Å². The Morgan fingerprint density at radius 2 is 1.91 bits per heavy atom. The van der Waals surface area contributed by atoms with Crippen LogP contribution in [0.15, 0.2) is 0 Å². The molecule has 1 rings (SSSR count). The first-order chi connectivity index (χ1) is 10.1. The minimum Gasteiger partial charge on any atom is -0.352 e. The number of piperidine rings is 1. The number of unbranched alkanes of at least 4 members (excludes halogenated alkanes) is 1. The van der Waals surface area contributed by atoms with E-state index in [0.717, 1.165) is 51.7 Å². The molecule has 0 saturated carbocycles. The Kier molecular flexibility index (Phi) is 11.0. The molecule has 0 aliphatic carbocycles. The van der Waals surface area contributed by atoms with Gasteiger partial charge in [-0.15, -0.1) is 12.4 Å². The number of hydrogen-bond acceptors (Lipinski definition) is 3. The number of nitrogens with two attached hydrogens (primary N) is 1. The summed E-state index contributed by atoms with van der Waals surface area (Å²) in [6, 6.07) is -0.826. The number of rotatable bonds is 8. The summed E-state index contributed by atoms with van der Waals surface area (Å²) < 4.78 is 0. The van der Waals surface area contributed by atoms with Crippen molar-refractivity contribution in [2.24, 2.45) is 5.73 Å². The lowest BCUT2D eigenvalue weighted by Gasteiger charge is -2.36. The quantitative estimate of drug-likeness (QED) is 0.630. The van der Waals surface area contributed by atoms with E-state index < -0.39 is 12.1 Å². The maximum absolute atomic E-state index is 12.8. The Balaban J connectivity index is 0.00000441. The highest BCUT2D eigenvalue weighted by molar-refractivity contribution is 5.86. The largest absolute Gasteiger partial charge is 0.352 e. The van der Waals surface area contributed by atoms with E-state index in [1.807, 2.05) is 4.90 Å². The molecule has 1 aliphatic heterocycles. The van der Waals surface area contributed by atoms with Crippen LogP contribution in [-0.2, 0) is 4.79 Å². The van der Waals surface area contributed by atoms with E-state index in [0.29, 0.717) is 6.42 Å². The SMILES string of the molecule is CCCCC(NC(N)=O)C(=O)N(CCC)C1CCNCC1.Cl. The van der Waals surface area contributed by atoms with Gasteiger partial charge >= 0.3 is 6.03 Å². The molecule has 1 unspecified atom stereocenters. The first kappa shape index (κ1) is 21.0. The average molecular weight is 335 g/mol. The van der Waals surface area contributed by atoms with Crippen LogP contribution in [0.5, 0.6) is 0 Å². The van der Waals surface area contributed by atoms with Crippen LogP contribution >= 0.6 is 12.4 Å². The number of carbonyl (C=O) groups is 2. The van der Waals surface area contributed by atoms with Crippen molar-refractivity contribution in [2.75, 3.05) is 19.6 Å². The van der Waals surface area contributed by atoms with Gasteiger partial charge in [-0.25, -0.2) is 4.79 Å². The molecule has 1 atom stereocenters. The molecule has 0 bridgehead atoms. The molecule has 130 valence electrons. The summed E-state index contributed by atoms with van der Waals surface area (Å²) in [7, 11) is 0. The van der Waals surface area contributed by atoms with Crippen molar-refractivity contribution in [2.45, 2.75) is 64.5 Å².